The van der Waals surface area contributed by atoms with Crippen LogP contribution in [-0.2, 0) is 29.3 Å². The van der Waals surface area contributed by atoms with Crippen molar-refractivity contribution < 1.29 is 21.6 Å². The number of hydrogen-bond acceptors (Lipinski definition) is 4. The fraction of sp³-hybridized carbons (Fsp3) is 0.429. The highest BCUT2D eigenvalue weighted by atomic mass is 32.2. The molecule has 5 nitrogen and oxygen atoms in total. The van der Waals surface area contributed by atoms with Gasteiger partial charge in [-0.2, -0.15) is 13.2 Å². The maximum absolute atomic E-state index is 13.3. The molecule has 2 aromatic carbocycles. The molecule has 0 atom stereocenters. The van der Waals surface area contributed by atoms with Gasteiger partial charge in [-0.15, -0.1) is 0 Å². The van der Waals surface area contributed by atoms with Crippen molar-refractivity contribution in [1.82, 2.24) is 4.90 Å². The van der Waals surface area contributed by atoms with E-state index in [4.69, 9.17) is 5.14 Å². The first-order valence-corrected chi connectivity index (χ1v) is 11.5. The Bertz CT molecular complexity index is 970. The van der Waals surface area contributed by atoms with Crippen molar-refractivity contribution in [2.45, 2.75) is 49.8 Å². The summed E-state index contributed by atoms with van der Waals surface area (Å²) in [6, 6.07) is 10.9. The molecule has 1 aliphatic rings. The Labute approximate surface area is 175 Å². The summed E-state index contributed by atoms with van der Waals surface area (Å²) in [6.07, 6.45) is 0.121. The van der Waals surface area contributed by atoms with Crippen LogP contribution in [0.25, 0.3) is 0 Å². The third-order valence-electron chi connectivity index (χ3n) is 5.18. The van der Waals surface area contributed by atoms with Crippen LogP contribution < -0.4 is 10.5 Å². The van der Waals surface area contributed by atoms with E-state index in [1.54, 1.807) is 0 Å². The van der Waals surface area contributed by atoms with Crippen molar-refractivity contribution in [1.29, 1.82) is 0 Å². The highest BCUT2D eigenvalue weighted by Crippen LogP contribution is 2.35. The van der Waals surface area contributed by atoms with E-state index < -0.39 is 26.7 Å². The molecule has 1 fully saturated rings. The Hall–Kier alpha value is -2.10. The number of likely N-dealkylation sites (tertiary alicyclic amines) is 1. The lowest BCUT2D eigenvalue weighted by Gasteiger charge is -2.20. The van der Waals surface area contributed by atoms with Gasteiger partial charge in [0.25, 0.3) is 0 Å². The van der Waals surface area contributed by atoms with E-state index in [2.05, 4.69) is 16.3 Å². The zero-order chi connectivity index (χ0) is 21.8. The molecule has 0 spiro atoms. The van der Waals surface area contributed by atoms with E-state index in [0.29, 0.717) is 6.54 Å². The highest BCUT2D eigenvalue weighted by molar-refractivity contribution is 7.89. The molecular weight excluding hydrogens is 415 g/mol. The zero-order valence-electron chi connectivity index (χ0n) is 16.6. The molecule has 164 valence electrons. The number of alkyl halides is 3. The predicted octanol–water partition coefficient (Wildman–Crippen LogP) is 4.34. The molecule has 30 heavy (non-hydrogen) atoms. The molecule has 3 rings (SSSR count). The van der Waals surface area contributed by atoms with Gasteiger partial charge in [0, 0.05) is 18.8 Å². The summed E-state index contributed by atoms with van der Waals surface area (Å²) in [4.78, 5) is 1.50. The molecule has 3 N–H and O–H groups in total. The molecular formula is C21H26F3N3O2S. The minimum absolute atomic E-state index is 0.174. The number of sulfonamides is 1. The van der Waals surface area contributed by atoms with Gasteiger partial charge >= 0.3 is 6.18 Å². The number of primary sulfonamides is 1. The maximum Gasteiger partial charge on any atom is 0.417 e. The number of hydrogen-bond donors (Lipinski definition) is 2. The number of anilines is 1. The Morgan fingerprint density at radius 1 is 0.967 bits per heavy atom. The molecule has 9 heteroatoms. The van der Waals surface area contributed by atoms with Crippen LogP contribution in [0.4, 0.5) is 18.9 Å². The van der Waals surface area contributed by atoms with Crippen molar-refractivity contribution in [2.24, 2.45) is 5.14 Å². The van der Waals surface area contributed by atoms with Gasteiger partial charge in [-0.1, -0.05) is 37.1 Å². The standard InChI is InChI=1S/C21H26F3N3O2S/c22-21(23,24)19-13-18(8-9-20(19)30(25,28)29)26-14-16-6-5-7-17(12-16)15-27-10-3-1-2-4-11-27/h5-9,12-13,26H,1-4,10-11,14-15H2,(H2,25,28,29). The maximum atomic E-state index is 13.3. The lowest BCUT2D eigenvalue weighted by atomic mass is 10.1. The van der Waals surface area contributed by atoms with Crippen LogP contribution in [0.5, 0.6) is 0 Å². The molecule has 0 unspecified atom stereocenters. The summed E-state index contributed by atoms with van der Waals surface area (Å²) in [5, 5.41) is 7.86. The van der Waals surface area contributed by atoms with E-state index in [1.165, 1.54) is 31.7 Å². The first kappa shape index (κ1) is 22.6. The molecule has 0 bridgehead atoms. The largest absolute Gasteiger partial charge is 0.417 e. The number of nitrogens with two attached hydrogens (primary N) is 1. The molecule has 0 amide bonds. The Kier molecular flexibility index (Phi) is 7.05. The summed E-state index contributed by atoms with van der Waals surface area (Å²) >= 11 is 0. The molecule has 1 heterocycles. The predicted molar refractivity (Wildman–Crippen MR) is 110 cm³/mol. The lowest BCUT2D eigenvalue weighted by Crippen LogP contribution is -2.24. The van der Waals surface area contributed by atoms with Gasteiger partial charge in [0.15, 0.2) is 0 Å². The smallest absolute Gasteiger partial charge is 0.381 e. The van der Waals surface area contributed by atoms with E-state index in [9.17, 15) is 21.6 Å². The van der Waals surface area contributed by atoms with Crippen LogP contribution in [0.1, 0.15) is 42.4 Å². The second kappa shape index (κ2) is 9.36. The van der Waals surface area contributed by atoms with E-state index in [1.807, 2.05) is 18.2 Å². The Balaban J connectivity index is 1.71. The monoisotopic (exact) mass is 441 g/mol. The quantitative estimate of drug-likeness (QED) is 0.699. The molecule has 1 aliphatic heterocycles. The second-order valence-corrected chi connectivity index (χ2v) is 9.15. The highest BCUT2D eigenvalue weighted by Gasteiger charge is 2.36. The molecule has 0 aromatic heterocycles. The molecule has 2 aromatic rings. The second-order valence-electron chi connectivity index (χ2n) is 7.62. The summed E-state index contributed by atoms with van der Waals surface area (Å²) in [5.74, 6) is 0. The van der Waals surface area contributed by atoms with Gasteiger partial charge in [-0.3, -0.25) is 4.90 Å². The van der Waals surface area contributed by atoms with E-state index in [0.717, 1.165) is 42.9 Å². The summed E-state index contributed by atoms with van der Waals surface area (Å²) in [6.45, 7) is 3.34. The van der Waals surface area contributed by atoms with Crippen molar-refractivity contribution in [2.75, 3.05) is 18.4 Å². The van der Waals surface area contributed by atoms with Crippen molar-refractivity contribution >= 4 is 15.7 Å². The normalized spacial score (nSPS) is 16.3. The van der Waals surface area contributed by atoms with Crippen LogP contribution in [0, 0.1) is 0 Å². The minimum Gasteiger partial charge on any atom is -0.381 e. The van der Waals surface area contributed by atoms with Gasteiger partial charge in [0.2, 0.25) is 10.0 Å². The van der Waals surface area contributed by atoms with Gasteiger partial charge in [0.05, 0.1) is 10.5 Å². The first-order chi connectivity index (χ1) is 14.1. The van der Waals surface area contributed by atoms with Crippen LogP contribution in [0.3, 0.4) is 0 Å². The summed E-state index contributed by atoms with van der Waals surface area (Å²) < 4.78 is 62.8. The average Bonchev–Trinajstić information content (AvgIpc) is 2.94. The van der Waals surface area contributed by atoms with Gasteiger partial charge < -0.3 is 5.32 Å². The number of nitrogens with zero attached hydrogens (tertiary/aromatic N) is 1. The van der Waals surface area contributed by atoms with Gasteiger partial charge in [0.1, 0.15) is 0 Å². The number of benzene rings is 2. The van der Waals surface area contributed by atoms with Crippen LogP contribution in [0.2, 0.25) is 0 Å². The van der Waals surface area contributed by atoms with Crippen molar-refractivity contribution in [3.63, 3.8) is 0 Å². The zero-order valence-corrected chi connectivity index (χ0v) is 17.4. The van der Waals surface area contributed by atoms with Crippen LogP contribution in [0.15, 0.2) is 47.4 Å². The third kappa shape index (κ3) is 6.20. The SMILES string of the molecule is NS(=O)(=O)c1ccc(NCc2cccc(CN3CCCCCC3)c2)cc1C(F)(F)F. The summed E-state index contributed by atoms with van der Waals surface area (Å²) in [5.41, 5.74) is 1.00. The van der Waals surface area contributed by atoms with Gasteiger partial charge in [-0.05, 0) is 55.3 Å². The third-order valence-corrected chi connectivity index (χ3v) is 6.15. The summed E-state index contributed by atoms with van der Waals surface area (Å²) in [7, 11) is -4.48. The van der Waals surface area contributed by atoms with Crippen LogP contribution in [-0.4, -0.2) is 26.4 Å². The fourth-order valence-electron chi connectivity index (χ4n) is 3.70. The van der Waals surface area contributed by atoms with Crippen molar-refractivity contribution in [3.8, 4) is 0 Å². The number of rotatable bonds is 6. The average molecular weight is 442 g/mol. The van der Waals surface area contributed by atoms with Crippen LogP contribution >= 0.6 is 0 Å². The number of nitrogens with one attached hydrogen (secondary N) is 1. The topological polar surface area (TPSA) is 75.4 Å². The van der Waals surface area contributed by atoms with E-state index in [-0.39, 0.29) is 5.69 Å². The molecule has 1 saturated heterocycles. The van der Waals surface area contributed by atoms with Gasteiger partial charge in [-0.25, -0.2) is 13.6 Å². The minimum atomic E-state index is -4.83. The Morgan fingerprint density at radius 3 is 2.27 bits per heavy atom. The fourth-order valence-corrected chi connectivity index (χ4v) is 4.44. The lowest BCUT2D eigenvalue weighted by molar-refractivity contribution is -0.139. The Morgan fingerprint density at radius 2 is 1.63 bits per heavy atom. The molecule has 0 radical (unpaired) electrons. The number of halogens is 3. The molecule has 0 aliphatic carbocycles. The first-order valence-electron chi connectivity index (χ1n) is 9.91. The molecule has 0 saturated carbocycles. The van der Waals surface area contributed by atoms with Crippen molar-refractivity contribution in [3.05, 3.63) is 59.2 Å². The van der Waals surface area contributed by atoms with E-state index >= 15 is 0 Å².